The standard InChI is InChI=1S/C16H16N4O2S/c21-23(22,10-9-13-5-2-1-3-6-13)20-15-8-4-7-14(11-15)16-17-12-18-19-16/h1-8,11-12,20H,9-10H2,(H,17,18,19). The first-order valence-electron chi connectivity index (χ1n) is 7.13. The normalized spacial score (nSPS) is 11.3. The first kappa shape index (κ1) is 15.2. The van der Waals surface area contributed by atoms with Gasteiger partial charge in [0.25, 0.3) is 0 Å². The van der Waals surface area contributed by atoms with Crippen molar-refractivity contribution in [1.82, 2.24) is 15.2 Å². The first-order chi connectivity index (χ1) is 11.1. The molecule has 2 N–H and O–H groups in total. The molecule has 0 atom stereocenters. The zero-order chi connectivity index (χ0) is 16.1. The molecule has 1 heterocycles. The molecule has 7 heteroatoms. The number of H-pyrrole nitrogens is 1. The van der Waals surface area contributed by atoms with Crippen molar-refractivity contribution in [2.75, 3.05) is 10.5 Å². The van der Waals surface area contributed by atoms with E-state index in [1.165, 1.54) is 6.33 Å². The molecule has 0 radical (unpaired) electrons. The second-order valence-electron chi connectivity index (χ2n) is 5.07. The largest absolute Gasteiger partial charge is 0.284 e. The Kier molecular flexibility index (Phi) is 4.38. The van der Waals surface area contributed by atoms with Crippen LogP contribution in [0.3, 0.4) is 0 Å². The smallest absolute Gasteiger partial charge is 0.233 e. The van der Waals surface area contributed by atoms with Crippen LogP contribution in [0, 0.1) is 0 Å². The lowest BCUT2D eigenvalue weighted by Gasteiger charge is -2.09. The lowest BCUT2D eigenvalue weighted by molar-refractivity contribution is 0.600. The molecule has 6 nitrogen and oxygen atoms in total. The van der Waals surface area contributed by atoms with Crippen LogP contribution in [-0.4, -0.2) is 29.4 Å². The van der Waals surface area contributed by atoms with Crippen LogP contribution in [0.5, 0.6) is 0 Å². The van der Waals surface area contributed by atoms with E-state index < -0.39 is 10.0 Å². The van der Waals surface area contributed by atoms with Crippen LogP contribution in [0.4, 0.5) is 5.69 Å². The number of aromatic nitrogens is 3. The minimum atomic E-state index is -3.41. The molecule has 23 heavy (non-hydrogen) atoms. The molecule has 1 aromatic heterocycles. The summed E-state index contributed by atoms with van der Waals surface area (Å²) in [5.74, 6) is 0.624. The maximum absolute atomic E-state index is 12.2. The molecule has 0 bridgehead atoms. The predicted molar refractivity (Wildman–Crippen MR) is 89.4 cm³/mol. The molecule has 2 aromatic carbocycles. The summed E-state index contributed by atoms with van der Waals surface area (Å²) < 4.78 is 27.0. The van der Waals surface area contributed by atoms with Gasteiger partial charge in [-0.15, -0.1) is 0 Å². The summed E-state index contributed by atoms with van der Waals surface area (Å²) in [6.45, 7) is 0. The predicted octanol–water partition coefficient (Wildman–Crippen LogP) is 2.46. The summed E-state index contributed by atoms with van der Waals surface area (Å²) in [5.41, 5.74) is 2.27. The SMILES string of the molecule is O=S(=O)(CCc1ccccc1)Nc1cccc(-c2ncn[nH]2)c1. The van der Waals surface area contributed by atoms with E-state index >= 15 is 0 Å². The van der Waals surface area contributed by atoms with Crippen LogP contribution in [0.15, 0.2) is 60.9 Å². The Morgan fingerprint density at radius 3 is 2.61 bits per heavy atom. The molecule has 0 unspecified atom stereocenters. The van der Waals surface area contributed by atoms with Crippen molar-refractivity contribution in [3.8, 4) is 11.4 Å². The fourth-order valence-electron chi connectivity index (χ4n) is 2.20. The molecule has 0 saturated heterocycles. The van der Waals surface area contributed by atoms with Crippen molar-refractivity contribution < 1.29 is 8.42 Å². The summed E-state index contributed by atoms with van der Waals surface area (Å²) in [7, 11) is -3.41. The van der Waals surface area contributed by atoms with Crippen LogP contribution >= 0.6 is 0 Å². The van der Waals surface area contributed by atoms with E-state index in [-0.39, 0.29) is 5.75 Å². The van der Waals surface area contributed by atoms with Crippen LogP contribution in [0.2, 0.25) is 0 Å². The minimum absolute atomic E-state index is 0.0313. The number of aromatic amines is 1. The zero-order valence-corrected chi connectivity index (χ0v) is 13.1. The van der Waals surface area contributed by atoms with Crippen LogP contribution in [0.1, 0.15) is 5.56 Å². The van der Waals surface area contributed by atoms with Crippen LogP contribution in [0.25, 0.3) is 11.4 Å². The maximum Gasteiger partial charge on any atom is 0.233 e. The van der Waals surface area contributed by atoms with Gasteiger partial charge >= 0.3 is 0 Å². The Labute approximate surface area is 134 Å². The van der Waals surface area contributed by atoms with Gasteiger partial charge in [0.1, 0.15) is 6.33 Å². The molecular weight excluding hydrogens is 312 g/mol. The van der Waals surface area contributed by atoms with Crippen molar-refractivity contribution in [3.05, 3.63) is 66.5 Å². The third-order valence-corrected chi connectivity index (χ3v) is 4.61. The van der Waals surface area contributed by atoms with Gasteiger partial charge in [-0.25, -0.2) is 13.4 Å². The molecule has 3 aromatic rings. The lowest BCUT2D eigenvalue weighted by Crippen LogP contribution is -2.18. The Hall–Kier alpha value is -2.67. The Bertz CT molecular complexity index is 862. The van der Waals surface area contributed by atoms with Gasteiger partial charge in [0.2, 0.25) is 10.0 Å². The first-order valence-corrected chi connectivity index (χ1v) is 8.78. The van der Waals surface area contributed by atoms with Gasteiger partial charge in [0.15, 0.2) is 5.82 Å². The summed E-state index contributed by atoms with van der Waals surface area (Å²) >= 11 is 0. The van der Waals surface area contributed by atoms with E-state index in [9.17, 15) is 8.42 Å². The molecule has 118 valence electrons. The highest BCUT2D eigenvalue weighted by molar-refractivity contribution is 7.92. The monoisotopic (exact) mass is 328 g/mol. The summed E-state index contributed by atoms with van der Waals surface area (Å²) in [5, 5.41) is 6.54. The second kappa shape index (κ2) is 6.62. The number of nitrogens with zero attached hydrogens (tertiary/aromatic N) is 2. The van der Waals surface area contributed by atoms with Crippen molar-refractivity contribution in [1.29, 1.82) is 0 Å². The van der Waals surface area contributed by atoms with E-state index in [1.807, 2.05) is 36.4 Å². The summed E-state index contributed by atoms with van der Waals surface area (Å²) in [6.07, 6.45) is 1.88. The van der Waals surface area contributed by atoms with E-state index in [0.29, 0.717) is 17.9 Å². The number of hydrogen-bond acceptors (Lipinski definition) is 4. The fourth-order valence-corrected chi connectivity index (χ4v) is 3.29. The van der Waals surface area contributed by atoms with Gasteiger partial charge in [-0.3, -0.25) is 9.82 Å². The van der Waals surface area contributed by atoms with E-state index in [2.05, 4.69) is 19.9 Å². The topological polar surface area (TPSA) is 87.7 Å². The van der Waals surface area contributed by atoms with Gasteiger partial charge in [0.05, 0.1) is 5.75 Å². The summed E-state index contributed by atoms with van der Waals surface area (Å²) in [6, 6.07) is 16.6. The number of nitrogens with one attached hydrogen (secondary N) is 2. The molecule has 0 aliphatic rings. The third-order valence-electron chi connectivity index (χ3n) is 3.33. The van der Waals surface area contributed by atoms with Crippen molar-refractivity contribution in [3.63, 3.8) is 0 Å². The van der Waals surface area contributed by atoms with E-state index in [4.69, 9.17) is 0 Å². The molecule has 0 aliphatic carbocycles. The van der Waals surface area contributed by atoms with Gasteiger partial charge < -0.3 is 0 Å². The Morgan fingerprint density at radius 2 is 1.87 bits per heavy atom. The minimum Gasteiger partial charge on any atom is -0.284 e. The van der Waals surface area contributed by atoms with Crippen molar-refractivity contribution in [2.24, 2.45) is 0 Å². The fraction of sp³-hybridized carbons (Fsp3) is 0.125. The Morgan fingerprint density at radius 1 is 1.04 bits per heavy atom. The van der Waals surface area contributed by atoms with Crippen LogP contribution < -0.4 is 4.72 Å². The number of benzene rings is 2. The number of anilines is 1. The van der Waals surface area contributed by atoms with Gasteiger partial charge in [0, 0.05) is 11.3 Å². The van der Waals surface area contributed by atoms with Crippen molar-refractivity contribution in [2.45, 2.75) is 6.42 Å². The molecular formula is C16H16N4O2S. The molecule has 0 amide bonds. The van der Waals surface area contributed by atoms with Gasteiger partial charge in [-0.1, -0.05) is 42.5 Å². The molecule has 0 spiro atoms. The average Bonchev–Trinajstić information content (AvgIpc) is 3.08. The average molecular weight is 328 g/mol. The third kappa shape index (κ3) is 4.17. The van der Waals surface area contributed by atoms with E-state index in [0.717, 1.165) is 11.1 Å². The number of hydrogen-bond donors (Lipinski definition) is 2. The van der Waals surface area contributed by atoms with Crippen LogP contribution in [-0.2, 0) is 16.4 Å². The number of rotatable bonds is 6. The molecule has 0 saturated carbocycles. The molecule has 3 rings (SSSR count). The molecule has 0 aliphatic heterocycles. The lowest BCUT2D eigenvalue weighted by atomic mass is 10.2. The highest BCUT2D eigenvalue weighted by Crippen LogP contribution is 2.19. The van der Waals surface area contributed by atoms with E-state index in [1.54, 1.807) is 18.2 Å². The van der Waals surface area contributed by atoms with Gasteiger partial charge in [-0.05, 0) is 24.1 Å². The quantitative estimate of drug-likeness (QED) is 0.727. The van der Waals surface area contributed by atoms with Gasteiger partial charge in [-0.2, -0.15) is 5.10 Å². The molecule has 0 fully saturated rings. The highest BCUT2D eigenvalue weighted by Gasteiger charge is 2.11. The highest BCUT2D eigenvalue weighted by atomic mass is 32.2. The second-order valence-corrected chi connectivity index (χ2v) is 6.91. The summed E-state index contributed by atoms with van der Waals surface area (Å²) in [4.78, 5) is 4.06. The number of aryl methyl sites for hydroxylation is 1. The zero-order valence-electron chi connectivity index (χ0n) is 12.3. The van der Waals surface area contributed by atoms with Crippen molar-refractivity contribution >= 4 is 15.7 Å². The maximum atomic E-state index is 12.2. The number of sulfonamides is 1. The Balaban J connectivity index is 1.69.